The van der Waals surface area contributed by atoms with Crippen LogP contribution in [0.4, 0.5) is 5.13 Å². The van der Waals surface area contributed by atoms with Gasteiger partial charge in [-0.15, -0.1) is 0 Å². The molecular formula is C15H17N5O2S. The minimum atomic E-state index is -0.175. The second-order valence-corrected chi connectivity index (χ2v) is 6.04. The van der Waals surface area contributed by atoms with Crippen molar-refractivity contribution in [2.45, 2.75) is 26.3 Å². The number of benzene rings is 1. The van der Waals surface area contributed by atoms with Gasteiger partial charge in [0.25, 0.3) is 5.91 Å². The van der Waals surface area contributed by atoms with Gasteiger partial charge < -0.3 is 15.2 Å². The molecule has 8 heteroatoms. The molecule has 1 aromatic carbocycles. The van der Waals surface area contributed by atoms with Crippen molar-refractivity contribution in [1.29, 1.82) is 0 Å². The zero-order valence-corrected chi connectivity index (χ0v) is 13.5. The number of fused-ring (bicyclic) bond motifs is 1. The van der Waals surface area contributed by atoms with Crippen LogP contribution in [0.15, 0.2) is 29.1 Å². The first kappa shape index (κ1) is 15.4. The number of thiazole rings is 1. The van der Waals surface area contributed by atoms with E-state index in [0.29, 0.717) is 11.4 Å². The van der Waals surface area contributed by atoms with E-state index in [-0.39, 0.29) is 12.5 Å². The van der Waals surface area contributed by atoms with Gasteiger partial charge in [-0.3, -0.25) is 4.79 Å². The zero-order valence-electron chi connectivity index (χ0n) is 12.7. The molecule has 0 atom stereocenters. The third-order valence-corrected chi connectivity index (χ3v) is 4.25. The Morgan fingerprint density at radius 1 is 1.39 bits per heavy atom. The van der Waals surface area contributed by atoms with E-state index in [2.05, 4.69) is 37.2 Å². The molecule has 23 heavy (non-hydrogen) atoms. The normalized spacial score (nSPS) is 10.8. The first-order valence-electron chi connectivity index (χ1n) is 7.44. The number of hydrogen-bond acceptors (Lipinski definition) is 7. The van der Waals surface area contributed by atoms with Gasteiger partial charge in [0.15, 0.2) is 11.0 Å². The third kappa shape index (κ3) is 3.84. The number of hydrogen-bond donors (Lipinski definition) is 2. The Labute approximate surface area is 137 Å². The molecule has 0 spiro atoms. The van der Waals surface area contributed by atoms with Crippen LogP contribution in [0.25, 0.3) is 10.2 Å². The molecule has 120 valence electrons. The van der Waals surface area contributed by atoms with Gasteiger partial charge in [-0.05, 0) is 24.6 Å². The monoisotopic (exact) mass is 331 g/mol. The van der Waals surface area contributed by atoms with Crippen LogP contribution in [0.5, 0.6) is 0 Å². The number of rotatable bonds is 7. The lowest BCUT2D eigenvalue weighted by Crippen LogP contribution is -2.23. The molecule has 7 nitrogen and oxygen atoms in total. The van der Waals surface area contributed by atoms with Crippen LogP contribution in [0.3, 0.4) is 0 Å². The fraction of sp³-hybridized carbons (Fsp3) is 0.333. The average molecular weight is 331 g/mol. The van der Waals surface area contributed by atoms with E-state index in [1.54, 1.807) is 17.4 Å². The zero-order chi connectivity index (χ0) is 16.1. The van der Waals surface area contributed by atoms with Crippen molar-refractivity contribution >= 4 is 32.6 Å². The van der Waals surface area contributed by atoms with Crippen molar-refractivity contribution in [2.75, 3.05) is 11.9 Å². The number of nitrogens with zero attached hydrogens (tertiary/aromatic N) is 3. The van der Waals surface area contributed by atoms with Gasteiger partial charge in [-0.2, -0.15) is 4.98 Å². The molecule has 0 aliphatic carbocycles. The van der Waals surface area contributed by atoms with Crippen LogP contribution >= 0.6 is 11.3 Å². The second-order valence-electron chi connectivity index (χ2n) is 5.01. The summed E-state index contributed by atoms with van der Waals surface area (Å²) in [4.78, 5) is 20.5. The standard InChI is InChI=1S/C15H17N5O2S/c1-2-3-6-16-15-19-11-5-4-10(7-12(11)23-15)14(21)17-8-13-18-9-22-20-13/h4-5,7,9H,2-3,6,8H2,1H3,(H,16,19)(H,17,21). The first-order chi connectivity index (χ1) is 11.3. The fourth-order valence-electron chi connectivity index (χ4n) is 2.05. The fourth-order valence-corrected chi connectivity index (χ4v) is 2.98. The topological polar surface area (TPSA) is 92.9 Å². The highest BCUT2D eigenvalue weighted by molar-refractivity contribution is 7.22. The van der Waals surface area contributed by atoms with E-state index < -0.39 is 0 Å². The molecule has 1 amide bonds. The van der Waals surface area contributed by atoms with E-state index in [1.165, 1.54) is 6.39 Å². The summed E-state index contributed by atoms with van der Waals surface area (Å²) in [6.07, 6.45) is 3.49. The van der Waals surface area contributed by atoms with E-state index in [9.17, 15) is 4.79 Å². The Morgan fingerprint density at radius 2 is 2.30 bits per heavy atom. The lowest BCUT2D eigenvalue weighted by Gasteiger charge is -2.02. The summed E-state index contributed by atoms with van der Waals surface area (Å²) in [5.74, 6) is 0.269. The minimum absolute atomic E-state index is 0.175. The Hall–Kier alpha value is -2.48. The molecule has 2 N–H and O–H groups in total. The Kier molecular flexibility index (Phi) is 4.82. The van der Waals surface area contributed by atoms with Crippen molar-refractivity contribution in [3.63, 3.8) is 0 Å². The number of nitrogens with one attached hydrogen (secondary N) is 2. The summed E-state index contributed by atoms with van der Waals surface area (Å²) in [6, 6.07) is 5.48. The summed E-state index contributed by atoms with van der Waals surface area (Å²) < 4.78 is 5.61. The molecule has 0 aliphatic rings. The highest BCUT2D eigenvalue weighted by Crippen LogP contribution is 2.26. The van der Waals surface area contributed by atoms with Crippen LogP contribution in [-0.4, -0.2) is 27.6 Å². The summed E-state index contributed by atoms with van der Waals surface area (Å²) in [5, 5.41) is 10.6. The van der Waals surface area contributed by atoms with Crippen LogP contribution in [0.1, 0.15) is 35.9 Å². The van der Waals surface area contributed by atoms with Crippen molar-refractivity contribution in [2.24, 2.45) is 0 Å². The number of carbonyl (C=O) groups is 1. The average Bonchev–Trinajstić information content (AvgIpc) is 3.21. The van der Waals surface area contributed by atoms with Crippen LogP contribution in [-0.2, 0) is 6.54 Å². The number of carbonyl (C=O) groups excluding carboxylic acids is 1. The van der Waals surface area contributed by atoms with Crippen molar-refractivity contribution in [3.8, 4) is 0 Å². The van der Waals surface area contributed by atoms with Crippen molar-refractivity contribution < 1.29 is 9.32 Å². The number of unbranched alkanes of at least 4 members (excludes halogenated alkanes) is 1. The van der Waals surface area contributed by atoms with E-state index in [0.717, 1.165) is 34.7 Å². The van der Waals surface area contributed by atoms with Crippen LogP contribution in [0, 0.1) is 0 Å². The molecule has 3 aromatic rings. The van der Waals surface area contributed by atoms with Gasteiger partial charge in [-0.25, -0.2) is 4.98 Å². The smallest absolute Gasteiger partial charge is 0.251 e. The lowest BCUT2D eigenvalue weighted by molar-refractivity contribution is 0.0950. The Bertz CT molecular complexity index is 784. The molecule has 0 fully saturated rings. The largest absolute Gasteiger partial charge is 0.361 e. The molecule has 0 unspecified atom stereocenters. The highest BCUT2D eigenvalue weighted by Gasteiger charge is 2.10. The molecule has 2 aromatic heterocycles. The molecule has 0 saturated heterocycles. The maximum absolute atomic E-state index is 12.2. The van der Waals surface area contributed by atoms with Gasteiger partial charge in [0.2, 0.25) is 6.39 Å². The van der Waals surface area contributed by atoms with Gasteiger partial charge >= 0.3 is 0 Å². The summed E-state index contributed by atoms with van der Waals surface area (Å²) in [6.45, 7) is 3.30. The molecule has 0 radical (unpaired) electrons. The van der Waals surface area contributed by atoms with E-state index in [1.807, 2.05) is 12.1 Å². The minimum Gasteiger partial charge on any atom is -0.361 e. The quantitative estimate of drug-likeness (QED) is 0.647. The molecule has 0 saturated carbocycles. The summed E-state index contributed by atoms with van der Waals surface area (Å²) >= 11 is 1.55. The molecule has 2 heterocycles. The van der Waals surface area contributed by atoms with Gasteiger partial charge in [-0.1, -0.05) is 29.8 Å². The van der Waals surface area contributed by atoms with Crippen LogP contribution < -0.4 is 10.6 Å². The van der Waals surface area contributed by atoms with E-state index in [4.69, 9.17) is 0 Å². The Balaban J connectivity index is 1.67. The van der Waals surface area contributed by atoms with Crippen molar-refractivity contribution in [3.05, 3.63) is 36.0 Å². The maximum atomic E-state index is 12.2. The lowest BCUT2D eigenvalue weighted by atomic mass is 10.2. The Morgan fingerprint density at radius 3 is 3.09 bits per heavy atom. The highest BCUT2D eigenvalue weighted by atomic mass is 32.1. The van der Waals surface area contributed by atoms with Gasteiger partial charge in [0.1, 0.15) is 0 Å². The van der Waals surface area contributed by atoms with Gasteiger partial charge in [0.05, 0.1) is 16.8 Å². The van der Waals surface area contributed by atoms with Crippen LogP contribution in [0.2, 0.25) is 0 Å². The van der Waals surface area contributed by atoms with E-state index >= 15 is 0 Å². The first-order valence-corrected chi connectivity index (χ1v) is 8.26. The second kappa shape index (κ2) is 7.19. The summed E-state index contributed by atoms with van der Waals surface area (Å²) in [7, 11) is 0. The summed E-state index contributed by atoms with van der Waals surface area (Å²) in [5.41, 5.74) is 1.48. The SMILES string of the molecule is CCCCNc1nc2ccc(C(=O)NCc3ncon3)cc2s1. The maximum Gasteiger partial charge on any atom is 0.251 e. The molecule has 3 rings (SSSR count). The number of amides is 1. The van der Waals surface area contributed by atoms with Crippen molar-refractivity contribution in [1.82, 2.24) is 20.4 Å². The molecular weight excluding hydrogens is 314 g/mol. The number of aromatic nitrogens is 3. The predicted molar refractivity (Wildman–Crippen MR) is 88.5 cm³/mol. The van der Waals surface area contributed by atoms with Gasteiger partial charge in [0, 0.05) is 12.1 Å². The molecule has 0 bridgehead atoms. The molecule has 0 aliphatic heterocycles. The third-order valence-electron chi connectivity index (χ3n) is 3.27. The predicted octanol–water partition coefficient (Wildman–Crippen LogP) is 2.82. The number of anilines is 1.